The average molecular weight is 275 g/mol. The number of hydrogen-bond acceptors (Lipinski definition) is 4. The summed E-state index contributed by atoms with van der Waals surface area (Å²) >= 11 is 0. The van der Waals surface area contributed by atoms with Crippen molar-refractivity contribution in [3.8, 4) is 6.07 Å². The van der Waals surface area contributed by atoms with Gasteiger partial charge in [0.2, 0.25) is 5.91 Å². The lowest BCUT2D eigenvalue weighted by Gasteiger charge is -2.16. The highest BCUT2D eigenvalue weighted by atomic mass is 19.1. The minimum atomic E-state index is -0.930. The van der Waals surface area contributed by atoms with Crippen LogP contribution in [0.4, 0.5) is 10.1 Å². The Morgan fingerprint density at radius 1 is 1.40 bits per heavy atom. The van der Waals surface area contributed by atoms with Crippen LogP contribution < -0.4 is 10.2 Å². The largest absolute Gasteiger partial charge is 0.354 e. The fraction of sp³-hybridized carbons (Fsp3) is 0.231. The number of nitrogens with one attached hydrogen (secondary N) is 1. The number of benzene rings is 1. The van der Waals surface area contributed by atoms with Gasteiger partial charge in [-0.3, -0.25) is 19.3 Å². The third kappa shape index (κ3) is 2.36. The van der Waals surface area contributed by atoms with Gasteiger partial charge >= 0.3 is 0 Å². The molecule has 0 aliphatic carbocycles. The van der Waals surface area contributed by atoms with Gasteiger partial charge in [0.1, 0.15) is 12.4 Å². The number of nitriles is 1. The maximum atomic E-state index is 13.7. The van der Waals surface area contributed by atoms with Crippen molar-refractivity contribution in [2.45, 2.75) is 6.42 Å². The van der Waals surface area contributed by atoms with Crippen molar-refractivity contribution in [3.05, 3.63) is 29.6 Å². The van der Waals surface area contributed by atoms with Crippen LogP contribution in [-0.2, 0) is 9.59 Å². The van der Waals surface area contributed by atoms with Crippen molar-refractivity contribution in [1.82, 2.24) is 5.32 Å². The number of fused-ring (bicyclic) bond motifs is 1. The van der Waals surface area contributed by atoms with Gasteiger partial charge in [0.05, 0.1) is 23.7 Å². The maximum absolute atomic E-state index is 13.7. The smallest absolute Gasteiger partial charge is 0.300 e. The summed E-state index contributed by atoms with van der Waals surface area (Å²) < 4.78 is 13.7. The average Bonchev–Trinajstić information content (AvgIpc) is 2.66. The van der Waals surface area contributed by atoms with Crippen LogP contribution in [0.3, 0.4) is 0 Å². The van der Waals surface area contributed by atoms with E-state index < -0.39 is 30.0 Å². The standard InChI is InChI=1S/C13H10FN3O3/c14-9-4-1-3-8-11(9)17(13(20)12(8)19)7-10(18)16-6-2-5-15/h1,3-4H,2,6-7H2,(H,16,18). The van der Waals surface area contributed by atoms with Gasteiger partial charge in [0.25, 0.3) is 11.7 Å². The lowest BCUT2D eigenvalue weighted by molar-refractivity contribution is -0.122. The van der Waals surface area contributed by atoms with E-state index in [-0.39, 0.29) is 24.2 Å². The van der Waals surface area contributed by atoms with Gasteiger partial charge < -0.3 is 5.32 Å². The second kappa shape index (κ2) is 5.48. The highest BCUT2D eigenvalue weighted by Gasteiger charge is 2.38. The zero-order valence-corrected chi connectivity index (χ0v) is 10.4. The van der Waals surface area contributed by atoms with E-state index in [4.69, 9.17) is 5.26 Å². The summed E-state index contributed by atoms with van der Waals surface area (Å²) in [4.78, 5) is 35.8. The predicted molar refractivity (Wildman–Crippen MR) is 66.3 cm³/mol. The number of para-hydroxylation sites is 1. The number of anilines is 1. The first-order valence-corrected chi connectivity index (χ1v) is 5.84. The summed E-state index contributed by atoms with van der Waals surface area (Å²) in [7, 11) is 0. The van der Waals surface area contributed by atoms with Crippen molar-refractivity contribution in [2.24, 2.45) is 0 Å². The number of rotatable bonds is 4. The quantitative estimate of drug-likeness (QED) is 0.635. The van der Waals surface area contributed by atoms with Gasteiger partial charge in [-0.2, -0.15) is 5.26 Å². The van der Waals surface area contributed by atoms with E-state index in [9.17, 15) is 18.8 Å². The zero-order valence-electron chi connectivity index (χ0n) is 10.4. The van der Waals surface area contributed by atoms with Gasteiger partial charge in [-0.25, -0.2) is 4.39 Å². The first kappa shape index (κ1) is 13.7. The van der Waals surface area contributed by atoms with Gasteiger partial charge in [-0.1, -0.05) is 6.07 Å². The molecule has 102 valence electrons. The molecular weight excluding hydrogens is 265 g/mol. The highest BCUT2D eigenvalue weighted by molar-refractivity contribution is 6.52. The Bertz CT molecular complexity index is 636. The maximum Gasteiger partial charge on any atom is 0.300 e. The van der Waals surface area contributed by atoms with Crippen molar-refractivity contribution in [1.29, 1.82) is 5.26 Å². The number of amides is 2. The van der Waals surface area contributed by atoms with Gasteiger partial charge in [0, 0.05) is 6.54 Å². The van der Waals surface area contributed by atoms with Crippen LogP contribution in [0.25, 0.3) is 0 Å². The summed E-state index contributed by atoms with van der Waals surface area (Å²) in [6.07, 6.45) is 0.129. The topological polar surface area (TPSA) is 90.3 Å². The zero-order chi connectivity index (χ0) is 14.7. The number of Topliss-reactive ketones (excluding diaryl/α,β-unsaturated/α-hetero) is 1. The van der Waals surface area contributed by atoms with Crippen molar-refractivity contribution in [3.63, 3.8) is 0 Å². The van der Waals surface area contributed by atoms with Crippen LogP contribution in [0.2, 0.25) is 0 Å². The number of nitrogens with zero attached hydrogens (tertiary/aromatic N) is 2. The summed E-state index contributed by atoms with van der Waals surface area (Å²) in [6, 6.07) is 5.63. The van der Waals surface area contributed by atoms with Crippen LogP contribution in [0.1, 0.15) is 16.8 Å². The Kier molecular flexibility index (Phi) is 3.75. The van der Waals surface area contributed by atoms with E-state index >= 15 is 0 Å². The van der Waals surface area contributed by atoms with Gasteiger partial charge in [0.15, 0.2) is 0 Å². The molecule has 2 rings (SSSR count). The number of carbonyl (C=O) groups is 3. The first-order chi connectivity index (χ1) is 9.56. The van der Waals surface area contributed by atoms with Gasteiger partial charge in [-0.05, 0) is 12.1 Å². The van der Waals surface area contributed by atoms with Crippen LogP contribution in [0, 0.1) is 17.1 Å². The summed E-state index contributed by atoms with van der Waals surface area (Å²) in [5.74, 6) is -3.05. The molecule has 0 radical (unpaired) electrons. The lowest BCUT2D eigenvalue weighted by Crippen LogP contribution is -2.40. The molecule has 7 heteroatoms. The van der Waals surface area contributed by atoms with Crippen LogP contribution >= 0.6 is 0 Å². The molecule has 1 N–H and O–H groups in total. The Labute approximate surface area is 113 Å². The molecule has 1 heterocycles. The monoisotopic (exact) mass is 275 g/mol. The van der Waals surface area contributed by atoms with Crippen molar-refractivity contribution in [2.75, 3.05) is 18.0 Å². The molecule has 0 fully saturated rings. The molecular formula is C13H10FN3O3. The second-order valence-corrected chi connectivity index (χ2v) is 4.11. The molecule has 0 spiro atoms. The number of halogens is 1. The summed E-state index contributed by atoms with van der Waals surface area (Å²) in [5, 5.41) is 10.8. The van der Waals surface area contributed by atoms with E-state index in [0.717, 1.165) is 11.0 Å². The predicted octanol–water partition coefficient (Wildman–Crippen LogP) is 0.385. The third-order valence-corrected chi connectivity index (χ3v) is 2.80. The fourth-order valence-electron chi connectivity index (χ4n) is 1.92. The van der Waals surface area contributed by atoms with E-state index in [1.54, 1.807) is 0 Å². The molecule has 6 nitrogen and oxygen atoms in total. The SMILES string of the molecule is N#CCCNC(=O)CN1C(=O)C(=O)c2cccc(F)c21. The molecule has 1 aliphatic heterocycles. The van der Waals surface area contributed by atoms with E-state index in [1.807, 2.05) is 6.07 Å². The molecule has 1 aromatic carbocycles. The Hall–Kier alpha value is -2.75. The fourth-order valence-corrected chi connectivity index (χ4v) is 1.92. The Balaban J connectivity index is 2.18. The van der Waals surface area contributed by atoms with Crippen LogP contribution in [-0.4, -0.2) is 30.7 Å². The molecule has 1 aromatic rings. The first-order valence-electron chi connectivity index (χ1n) is 5.84. The van der Waals surface area contributed by atoms with Gasteiger partial charge in [-0.15, -0.1) is 0 Å². The minimum absolute atomic E-state index is 0.0418. The molecule has 0 aromatic heterocycles. The molecule has 20 heavy (non-hydrogen) atoms. The molecule has 0 bridgehead atoms. The highest BCUT2D eigenvalue weighted by Crippen LogP contribution is 2.31. The molecule has 0 saturated heterocycles. The minimum Gasteiger partial charge on any atom is -0.354 e. The summed E-state index contributed by atoms with van der Waals surface area (Å²) in [6.45, 7) is -0.320. The number of carbonyl (C=O) groups excluding carboxylic acids is 3. The van der Waals surface area contributed by atoms with Crippen LogP contribution in [0.5, 0.6) is 0 Å². The second-order valence-electron chi connectivity index (χ2n) is 4.11. The van der Waals surface area contributed by atoms with E-state index in [0.29, 0.717) is 0 Å². The molecule has 1 aliphatic rings. The van der Waals surface area contributed by atoms with Crippen molar-refractivity contribution >= 4 is 23.3 Å². The molecule has 0 atom stereocenters. The van der Waals surface area contributed by atoms with Crippen molar-refractivity contribution < 1.29 is 18.8 Å². The molecule has 2 amide bonds. The number of hydrogen-bond donors (Lipinski definition) is 1. The third-order valence-electron chi connectivity index (χ3n) is 2.80. The lowest BCUT2D eigenvalue weighted by atomic mass is 10.1. The molecule has 0 saturated carbocycles. The van der Waals surface area contributed by atoms with E-state index in [1.165, 1.54) is 12.1 Å². The summed E-state index contributed by atoms with van der Waals surface area (Å²) in [5.41, 5.74) is -0.210. The Morgan fingerprint density at radius 2 is 2.15 bits per heavy atom. The van der Waals surface area contributed by atoms with E-state index in [2.05, 4.69) is 5.32 Å². The van der Waals surface area contributed by atoms with Crippen LogP contribution in [0.15, 0.2) is 18.2 Å². The normalized spacial score (nSPS) is 13.1. The molecule has 0 unspecified atom stereocenters. The Morgan fingerprint density at radius 3 is 2.85 bits per heavy atom. The number of ketones is 1.